The molecule has 0 aromatic heterocycles. The first-order valence-electron chi connectivity index (χ1n) is 2.47. The second-order valence-electron chi connectivity index (χ2n) is 1.02. The topological polar surface area (TPSA) is 370 Å². The molecule has 0 bridgehead atoms. The van der Waals surface area contributed by atoms with Crippen LogP contribution < -0.4 is 65.3 Å². The Hall–Kier alpha value is 2.24. The Morgan fingerprint density at radius 3 is 0.500 bits per heavy atom. The van der Waals surface area contributed by atoms with Gasteiger partial charge in [-0.3, -0.25) is 0 Å². The summed E-state index contributed by atoms with van der Waals surface area (Å²) in [4.78, 5) is 33.4. The number of hydrogen-bond acceptors (Lipinski definition) is 15. The van der Waals surface area contributed by atoms with E-state index < -0.39 is 24.6 Å². The molecule has 128 valence electrons. The third-order valence-electron chi connectivity index (χ3n) is 0. The summed E-state index contributed by atoms with van der Waals surface area (Å²) in [5, 5.41) is 65.3. The fraction of sp³-hybridized carbons (Fsp3) is 0. The molecule has 0 fully saturated rings. The first-order chi connectivity index (χ1) is 6.93. The zero-order valence-electron chi connectivity index (χ0n) is 13.3. The standard InChI is InChI=1S/4CH2O3.Ca.4Mg.Na.4H2O/c4*2-1(3)4;;;;;;;;;;/h4*(H2,2,3,4);;;;;;;4*1H2/q;;;;5*+2;+1;;;;/p-11. The van der Waals surface area contributed by atoms with Crippen molar-refractivity contribution in [3.8, 4) is 0 Å². The van der Waals surface area contributed by atoms with Crippen LogP contribution >= 0.6 is 0 Å². The Morgan fingerprint density at radius 1 is 0.500 bits per heavy atom. The molecular formula is C4H5CaMg4NaO16. The van der Waals surface area contributed by atoms with E-state index in [9.17, 15) is 0 Å². The monoisotopic (exact) mass is 468 g/mol. The van der Waals surface area contributed by atoms with E-state index in [-0.39, 0.29) is 181 Å². The van der Waals surface area contributed by atoms with Gasteiger partial charge in [-0.25, -0.2) is 0 Å². The molecule has 0 rings (SSSR count). The molecule has 22 heteroatoms. The van der Waals surface area contributed by atoms with Crippen LogP contribution in [0.4, 0.5) is 19.2 Å². The van der Waals surface area contributed by atoms with E-state index in [1.807, 2.05) is 0 Å². The summed E-state index contributed by atoms with van der Waals surface area (Å²) < 4.78 is 0. The molecule has 0 radical (unpaired) electrons. The summed E-state index contributed by atoms with van der Waals surface area (Å²) in [6, 6.07) is 0. The van der Waals surface area contributed by atoms with Crippen LogP contribution in [0.3, 0.4) is 0 Å². The SMILES string of the molecule is O=C([O-])O.O=C([O-])[O-].O=C([O-])[O-].O=C([O-])[O-].[Ca+2].[Mg+2].[Mg+2].[Mg+2].[Mg+2].[Na+].[OH-].[OH-].[OH-].[OH-]. The molecule has 0 heterocycles. The van der Waals surface area contributed by atoms with Gasteiger partial charge >= 0.3 is 160 Å². The molecule has 0 aromatic carbocycles. The number of carbonyl (C=O) groups excluding carboxylic acids is 3. The quantitative estimate of drug-likeness (QED) is 0.321. The summed E-state index contributed by atoms with van der Waals surface area (Å²) in [7, 11) is 0. The minimum atomic E-state index is -2.33. The van der Waals surface area contributed by atoms with Gasteiger partial charge in [0.2, 0.25) is 6.16 Å². The molecule has 0 saturated carbocycles. The zero-order chi connectivity index (χ0) is 14.3. The Bertz CT molecular complexity index is 182. The molecule has 0 spiro atoms. The third-order valence-corrected chi connectivity index (χ3v) is 0. The molecule has 0 unspecified atom stereocenters. The largest absolute Gasteiger partial charge is 2.00 e. The van der Waals surface area contributed by atoms with Gasteiger partial charge in [-0.2, -0.15) is 0 Å². The van der Waals surface area contributed by atoms with Crippen molar-refractivity contribution in [3.63, 3.8) is 0 Å². The van der Waals surface area contributed by atoms with E-state index >= 15 is 0 Å². The summed E-state index contributed by atoms with van der Waals surface area (Å²) in [5.41, 5.74) is 0. The number of carboxylic acid groups (broad SMARTS) is 8. The normalized spacial score (nSPS) is 3.69. The molecule has 5 N–H and O–H groups in total. The van der Waals surface area contributed by atoms with Crippen molar-refractivity contribution < 1.29 is 111 Å². The van der Waals surface area contributed by atoms with E-state index in [4.69, 9.17) is 60.0 Å². The van der Waals surface area contributed by atoms with Crippen molar-refractivity contribution in [3.05, 3.63) is 0 Å². The predicted octanol–water partition coefficient (Wildman–Crippen LogP) is -14.1. The summed E-state index contributed by atoms with van der Waals surface area (Å²) in [6.07, 6.45) is -9.08. The van der Waals surface area contributed by atoms with Gasteiger partial charge in [0.1, 0.15) is 0 Å². The van der Waals surface area contributed by atoms with E-state index in [2.05, 4.69) is 0 Å². The average Bonchev–Trinajstić information content (AvgIpc) is 1.76. The van der Waals surface area contributed by atoms with Crippen molar-refractivity contribution in [2.45, 2.75) is 0 Å². The fourth-order valence-electron chi connectivity index (χ4n) is 0. The Labute approximate surface area is 261 Å². The first-order valence-corrected chi connectivity index (χ1v) is 2.47. The second kappa shape index (κ2) is 92.5. The zero-order valence-corrected chi connectivity index (χ0v) is 23.1. The Balaban J connectivity index is -0.00000000545. The van der Waals surface area contributed by atoms with Crippen LogP contribution in [0.1, 0.15) is 0 Å². The first kappa shape index (κ1) is 103. The van der Waals surface area contributed by atoms with Gasteiger partial charge in [0.15, 0.2) is 0 Å². The average molecular weight is 469 g/mol. The molecule has 26 heavy (non-hydrogen) atoms. The number of rotatable bonds is 0. The van der Waals surface area contributed by atoms with Gasteiger partial charge in [0.25, 0.3) is 0 Å². The smallest absolute Gasteiger partial charge is 0.870 e. The summed E-state index contributed by atoms with van der Waals surface area (Å²) >= 11 is 0. The second-order valence-corrected chi connectivity index (χ2v) is 1.02. The van der Waals surface area contributed by atoms with Gasteiger partial charge in [-0.05, 0) is 18.5 Å². The maximum Gasteiger partial charge on any atom is 2.00 e. The van der Waals surface area contributed by atoms with Crippen LogP contribution in [0.5, 0.6) is 0 Å². The minimum Gasteiger partial charge on any atom is -0.870 e. The maximum absolute atomic E-state index is 8.44. The van der Waals surface area contributed by atoms with Crippen LogP contribution in [0.15, 0.2) is 0 Å². The molecular weight excluding hydrogens is 464 g/mol. The van der Waals surface area contributed by atoms with Crippen LogP contribution in [-0.4, -0.2) is 182 Å². The van der Waals surface area contributed by atoms with Gasteiger partial charge in [-0.1, -0.05) is 0 Å². The van der Waals surface area contributed by atoms with E-state index in [0.717, 1.165) is 0 Å². The minimum absolute atomic E-state index is 0. The molecule has 0 aromatic rings. The number of carbonyl (C=O) groups is 4. The molecule has 0 aliphatic heterocycles. The molecule has 0 atom stereocenters. The molecule has 0 amide bonds. The summed E-state index contributed by atoms with van der Waals surface area (Å²) in [5.74, 6) is 0. The Kier molecular flexibility index (Phi) is 368. The van der Waals surface area contributed by atoms with Crippen molar-refractivity contribution in [2.75, 3.05) is 0 Å². The van der Waals surface area contributed by atoms with Crippen molar-refractivity contribution in [2.24, 2.45) is 0 Å². The van der Waals surface area contributed by atoms with E-state index in [1.165, 1.54) is 0 Å². The number of hydrogen-bond donors (Lipinski definition) is 1. The molecule has 0 saturated heterocycles. The molecule has 0 aliphatic carbocycles. The summed E-state index contributed by atoms with van der Waals surface area (Å²) in [6.45, 7) is 0. The van der Waals surface area contributed by atoms with Gasteiger partial charge in [-0.15, -0.1) is 0 Å². The maximum atomic E-state index is 8.44. The van der Waals surface area contributed by atoms with Crippen LogP contribution in [0.2, 0.25) is 0 Å². The third kappa shape index (κ3) is 3320. The van der Waals surface area contributed by atoms with Crippen molar-refractivity contribution in [1.82, 2.24) is 0 Å². The molecule has 0 aliphatic rings. The van der Waals surface area contributed by atoms with Gasteiger partial charge < -0.3 is 81.9 Å². The van der Waals surface area contributed by atoms with Gasteiger partial charge in [0.05, 0.1) is 0 Å². The van der Waals surface area contributed by atoms with Crippen molar-refractivity contribution >= 4 is 155 Å². The van der Waals surface area contributed by atoms with Gasteiger partial charge in [0, 0.05) is 0 Å². The van der Waals surface area contributed by atoms with E-state index in [1.54, 1.807) is 0 Å². The Morgan fingerprint density at radius 2 is 0.500 bits per heavy atom. The van der Waals surface area contributed by atoms with Crippen LogP contribution in [-0.2, 0) is 0 Å². The predicted molar refractivity (Wildman–Crippen MR) is 60.7 cm³/mol. The van der Waals surface area contributed by atoms with Crippen LogP contribution in [0.25, 0.3) is 0 Å². The molecule has 16 nitrogen and oxygen atoms in total. The van der Waals surface area contributed by atoms with Crippen molar-refractivity contribution in [1.29, 1.82) is 0 Å². The fourth-order valence-corrected chi connectivity index (χ4v) is 0. The van der Waals surface area contributed by atoms with Crippen LogP contribution in [0, 0.1) is 0 Å². The van der Waals surface area contributed by atoms with E-state index in [0.29, 0.717) is 0 Å².